The molecule has 2 aromatic rings. The lowest BCUT2D eigenvalue weighted by Gasteiger charge is -2.37. The largest absolute Gasteiger partial charge is 0.481 e. The van der Waals surface area contributed by atoms with Gasteiger partial charge in [-0.1, -0.05) is 6.07 Å². The molecule has 0 spiro atoms. The van der Waals surface area contributed by atoms with Crippen LogP contribution in [0.4, 0.5) is 21.5 Å². The van der Waals surface area contributed by atoms with Crippen molar-refractivity contribution < 1.29 is 28.5 Å². The van der Waals surface area contributed by atoms with Crippen molar-refractivity contribution in [2.45, 2.75) is 31.2 Å². The minimum Gasteiger partial charge on any atom is -0.481 e. The molecule has 0 saturated carbocycles. The molecule has 1 aliphatic rings. The van der Waals surface area contributed by atoms with Crippen LogP contribution in [0, 0.1) is 5.82 Å². The van der Waals surface area contributed by atoms with Crippen LogP contribution < -0.4 is 10.2 Å². The lowest BCUT2D eigenvalue weighted by Crippen LogP contribution is -2.41. The van der Waals surface area contributed by atoms with Gasteiger partial charge in [-0.3, -0.25) is 4.79 Å². The van der Waals surface area contributed by atoms with E-state index in [9.17, 15) is 14.3 Å². The second kappa shape index (κ2) is 12.5. The Morgan fingerprint density at radius 3 is 2.55 bits per heavy atom. The van der Waals surface area contributed by atoms with Crippen LogP contribution in [0.1, 0.15) is 30.7 Å². The topological polar surface area (TPSA) is 80.3 Å². The van der Waals surface area contributed by atoms with Gasteiger partial charge in [0.1, 0.15) is 5.82 Å². The first-order chi connectivity index (χ1) is 16.0. The summed E-state index contributed by atoms with van der Waals surface area (Å²) >= 11 is 0. The number of halogens is 1. The van der Waals surface area contributed by atoms with E-state index in [1.54, 1.807) is 26.4 Å². The Kier molecular flexibility index (Phi) is 9.47. The summed E-state index contributed by atoms with van der Waals surface area (Å²) in [6.07, 6.45) is 1.79. The van der Waals surface area contributed by atoms with Gasteiger partial charge >= 0.3 is 5.97 Å². The number of nitrogens with one attached hydrogen (secondary N) is 1. The maximum atomic E-state index is 13.5. The third-order valence-corrected chi connectivity index (χ3v) is 5.88. The highest BCUT2D eigenvalue weighted by atomic mass is 19.1. The molecule has 1 aliphatic heterocycles. The third-order valence-electron chi connectivity index (χ3n) is 5.88. The summed E-state index contributed by atoms with van der Waals surface area (Å²) < 4.78 is 29.7. The minimum absolute atomic E-state index is 0.0312. The molecule has 33 heavy (non-hydrogen) atoms. The number of hydrogen-bond acceptors (Lipinski definition) is 6. The van der Waals surface area contributed by atoms with E-state index in [2.05, 4.69) is 10.2 Å². The number of hydrogen-bond donors (Lipinski definition) is 2. The maximum absolute atomic E-state index is 13.5. The fraction of sp³-hybridized carbons (Fsp3) is 0.480. The van der Waals surface area contributed by atoms with E-state index in [0.29, 0.717) is 39.0 Å². The van der Waals surface area contributed by atoms with Gasteiger partial charge in [0.05, 0.1) is 31.0 Å². The summed E-state index contributed by atoms with van der Waals surface area (Å²) in [7, 11) is 3.25. The normalized spacial score (nSPS) is 15.2. The lowest BCUT2D eigenvalue weighted by atomic mass is 9.94. The molecule has 0 aromatic heterocycles. The van der Waals surface area contributed by atoms with E-state index >= 15 is 0 Å². The molecule has 1 atom stereocenters. The Hall–Kier alpha value is -2.68. The highest BCUT2D eigenvalue weighted by Gasteiger charge is 2.25. The molecule has 0 bridgehead atoms. The summed E-state index contributed by atoms with van der Waals surface area (Å²) in [6.45, 7) is 2.99. The van der Waals surface area contributed by atoms with Crippen molar-refractivity contribution >= 4 is 23.0 Å². The number of aliphatic carboxylic acids is 1. The van der Waals surface area contributed by atoms with Crippen LogP contribution >= 0.6 is 0 Å². The van der Waals surface area contributed by atoms with Gasteiger partial charge in [-0.2, -0.15) is 0 Å². The molecule has 180 valence electrons. The third kappa shape index (κ3) is 7.15. The highest BCUT2D eigenvalue weighted by Crippen LogP contribution is 2.36. The van der Waals surface area contributed by atoms with Crippen molar-refractivity contribution in [2.75, 3.05) is 57.4 Å². The number of methoxy groups -OCH3 is 2. The van der Waals surface area contributed by atoms with Crippen LogP contribution in [0.15, 0.2) is 42.5 Å². The van der Waals surface area contributed by atoms with E-state index in [1.165, 1.54) is 12.1 Å². The second-order valence-electron chi connectivity index (χ2n) is 8.19. The Morgan fingerprint density at radius 2 is 1.91 bits per heavy atom. The van der Waals surface area contributed by atoms with Crippen molar-refractivity contribution in [1.29, 1.82) is 0 Å². The molecule has 2 aromatic carbocycles. The molecular formula is C25H33FN2O5. The van der Waals surface area contributed by atoms with Gasteiger partial charge in [-0.05, 0) is 54.8 Å². The Balaban J connectivity index is 2.01. The monoisotopic (exact) mass is 460 g/mol. The zero-order valence-corrected chi connectivity index (χ0v) is 19.3. The second-order valence-corrected chi connectivity index (χ2v) is 8.19. The highest BCUT2D eigenvalue weighted by molar-refractivity contribution is 5.77. The van der Waals surface area contributed by atoms with Crippen LogP contribution in [0.5, 0.6) is 0 Å². The van der Waals surface area contributed by atoms with Crippen LogP contribution in [-0.4, -0.2) is 64.3 Å². The van der Waals surface area contributed by atoms with Crippen LogP contribution in [0.25, 0.3) is 0 Å². The number of anilines is 3. The van der Waals surface area contributed by atoms with E-state index in [0.717, 1.165) is 35.5 Å². The molecule has 3 rings (SSSR count). The van der Waals surface area contributed by atoms with Crippen LogP contribution in [0.3, 0.4) is 0 Å². The molecule has 7 nitrogen and oxygen atoms in total. The fourth-order valence-corrected chi connectivity index (χ4v) is 4.22. The first kappa shape index (κ1) is 25.0. The molecule has 0 radical (unpaired) electrons. The van der Waals surface area contributed by atoms with Gasteiger partial charge in [0.2, 0.25) is 0 Å². The van der Waals surface area contributed by atoms with E-state index in [-0.39, 0.29) is 18.2 Å². The Bertz CT molecular complexity index is 887. The average Bonchev–Trinajstić information content (AvgIpc) is 2.81. The molecule has 0 amide bonds. The maximum Gasteiger partial charge on any atom is 0.304 e. The number of carboxylic acids is 1. The van der Waals surface area contributed by atoms with Gasteiger partial charge < -0.3 is 29.5 Å². The Morgan fingerprint density at radius 1 is 1.18 bits per heavy atom. The number of carboxylic acid groups (broad SMARTS) is 1. The molecule has 1 saturated heterocycles. The predicted molar refractivity (Wildman–Crippen MR) is 126 cm³/mol. The number of carbonyl (C=O) groups is 1. The van der Waals surface area contributed by atoms with Gasteiger partial charge in [0.15, 0.2) is 0 Å². The number of nitrogens with zero attached hydrogens (tertiary/aromatic N) is 1. The van der Waals surface area contributed by atoms with Crippen LogP contribution in [-0.2, 0) is 19.0 Å². The zero-order chi connectivity index (χ0) is 23.6. The quantitative estimate of drug-likeness (QED) is 0.486. The average molecular weight is 461 g/mol. The van der Waals surface area contributed by atoms with Crippen LogP contribution in [0.2, 0.25) is 0 Å². The standard InChI is InChI=1S/C25H33FN2O5/c1-31-14-11-28(22-9-12-33-13-10-22)24-8-3-18(19(17-32-2)16-25(29)30)15-23(24)27-21-6-4-20(26)5-7-21/h3-8,15,19,22,27H,9-14,16-17H2,1-2H3,(H,29,30). The number of rotatable bonds is 12. The van der Waals surface area contributed by atoms with Gasteiger partial charge in [0.25, 0.3) is 0 Å². The Labute approximate surface area is 194 Å². The lowest BCUT2D eigenvalue weighted by molar-refractivity contribution is -0.137. The van der Waals surface area contributed by atoms with Crippen molar-refractivity contribution in [2.24, 2.45) is 0 Å². The molecular weight excluding hydrogens is 427 g/mol. The number of ether oxygens (including phenoxy) is 3. The van der Waals surface area contributed by atoms with Crippen molar-refractivity contribution in [3.05, 3.63) is 53.8 Å². The molecule has 2 N–H and O–H groups in total. The molecule has 1 fully saturated rings. The summed E-state index contributed by atoms with van der Waals surface area (Å²) in [5.74, 6) is -1.47. The summed E-state index contributed by atoms with van der Waals surface area (Å²) in [4.78, 5) is 13.7. The zero-order valence-electron chi connectivity index (χ0n) is 19.3. The predicted octanol–water partition coefficient (Wildman–Crippen LogP) is 4.41. The minimum atomic E-state index is -0.877. The summed E-state index contributed by atoms with van der Waals surface area (Å²) in [5, 5.41) is 12.8. The van der Waals surface area contributed by atoms with Gasteiger partial charge in [0, 0.05) is 51.6 Å². The van der Waals surface area contributed by atoms with Gasteiger partial charge in [-0.25, -0.2) is 4.39 Å². The van der Waals surface area contributed by atoms with Crippen molar-refractivity contribution in [1.82, 2.24) is 0 Å². The smallest absolute Gasteiger partial charge is 0.304 e. The molecule has 1 heterocycles. The van der Waals surface area contributed by atoms with E-state index in [1.807, 2.05) is 18.2 Å². The van der Waals surface area contributed by atoms with E-state index < -0.39 is 5.97 Å². The molecule has 1 unspecified atom stereocenters. The summed E-state index contributed by atoms with van der Waals surface area (Å²) in [6, 6.07) is 12.4. The summed E-state index contributed by atoms with van der Waals surface area (Å²) in [5.41, 5.74) is 3.42. The SMILES string of the molecule is COCCN(c1ccc(C(COC)CC(=O)O)cc1Nc1ccc(F)cc1)C1CCOCC1. The van der Waals surface area contributed by atoms with Gasteiger partial charge in [-0.15, -0.1) is 0 Å². The van der Waals surface area contributed by atoms with E-state index in [4.69, 9.17) is 14.2 Å². The fourth-order valence-electron chi connectivity index (χ4n) is 4.22. The van der Waals surface area contributed by atoms with Crippen molar-refractivity contribution in [3.63, 3.8) is 0 Å². The number of benzene rings is 2. The first-order valence-electron chi connectivity index (χ1n) is 11.2. The van der Waals surface area contributed by atoms with Crippen molar-refractivity contribution in [3.8, 4) is 0 Å². The molecule has 8 heteroatoms. The first-order valence-corrected chi connectivity index (χ1v) is 11.2. The molecule has 0 aliphatic carbocycles.